The van der Waals surface area contributed by atoms with Crippen LogP contribution in [-0.4, -0.2) is 4.98 Å². The minimum Gasteiger partial charge on any atom is -0.324 e. The van der Waals surface area contributed by atoms with Gasteiger partial charge >= 0.3 is 0 Å². The Balaban J connectivity index is 2.49. The van der Waals surface area contributed by atoms with Gasteiger partial charge in [-0.3, -0.25) is 4.98 Å². The van der Waals surface area contributed by atoms with E-state index in [-0.39, 0.29) is 6.04 Å². The van der Waals surface area contributed by atoms with E-state index in [1.807, 2.05) is 18.3 Å². The van der Waals surface area contributed by atoms with Crippen molar-refractivity contribution in [1.29, 1.82) is 0 Å². The fourth-order valence-electron chi connectivity index (χ4n) is 1.14. The number of allylic oxidation sites excluding steroid dienone is 1. The van der Waals surface area contributed by atoms with Crippen molar-refractivity contribution in [3.63, 3.8) is 0 Å². The van der Waals surface area contributed by atoms with Crippen LogP contribution in [0.3, 0.4) is 0 Å². The van der Waals surface area contributed by atoms with Gasteiger partial charge in [-0.05, 0) is 24.5 Å². The molecule has 2 nitrogen and oxygen atoms in total. The van der Waals surface area contributed by atoms with Gasteiger partial charge < -0.3 is 5.73 Å². The fourth-order valence-corrected chi connectivity index (χ4v) is 1.14. The van der Waals surface area contributed by atoms with Gasteiger partial charge in [-0.15, -0.1) is 0 Å². The van der Waals surface area contributed by atoms with Crippen molar-refractivity contribution in [2.45, 2.75) is 25.8 Å². The number of rotatable bonds is 4. The van der Waals surface area contributed by atoms with Crippen molar-refractivity contribution in [1.82, 2.24) is 4.98 Å². The highest BCUT2D eigenvalue weighted by molar-refractivity contribution is 5.14. The van der Waals surface area contributed by atoms with Gasteiger partial charge in [0, 0.05) is 18.4 Å². The van der Waals surface area contributed by atoms with Gasteiger partial charge in [-0.2, -0.15) is 0 Å². The Hall–Kier alpha value is -1.15. The number of hydrogen-bond acceptors (Lipinski definition) is 2. The van der Waals surface area contributed by atoms with Crippen molar-refractivity contribution in [2.24, 2.45) is 5.73 Å². The first-order chi connectivity index (χ1) is 6.34. The van der Waals surface area contributed by atoms with Crippen LogP contribution >= 0.6 is 0 Å². The first kappa shape index (κ1) is 9.93. The Morgan fingerprint density at radius 2 is 2.38 bits per heavy atom. The van der Waals surface area contributed by atoms with E-state index in [0.717, 1.165) is 18.4 Å². The van der Waals surface area contributed by atoms with Crippen LogP contribution in [0.2, 0.25) is 0 Å². The fraction of sp³-hybridized carbons (Fsp3) is 0.364. The Kier molecular flexibility index (Phi) is 4.19. The first-order valence-corrected chi connectivity index (χ1v) is 4.65. The summed E-state index contributed by atoms with van der Waals surface area (Å²) in [6, 6.07) is 4.01. The predicted octanol–water partition coefficient (Wildman–Crippen LogP) is 2.44. The molecule has 0 fully saturated rings. The SMILES string of the molecule is CC/C=C\CC(N)c1cccnc1. The van der Waals surface area contributed by atoms with Crippen molar-refractivity contribution < 1.29 is 0 Å². The maximum atomic E-state index is 5.94. The number of pyridine rings is 1. The predicted molar refractivity (Wildman–Crippen MR) is 55.2 cm³/mol. The summed E-state index contributed by atoms with van der Waals surface area (Å²) in [6.07, 6.45) is 9.80. The third-order valence-corrected chi connectivity index (χ3v) is 1.90. The lowest BCUT2D eigenvalue weighted by Gasteiger charge is -2.07. The number of nitrogens with zero attached hydrogens (tertiary/aromatic N) is 1. The van der Waals surface area contributed by atoms with E-state index < -0.39 is 0 Å². The van der Waals surface area contributed by atoms with Gasteiger partial charge in [0.1, 0.15) is 0 Å². The second-order valence-corrected chi connectivity index (χ2v) is 3.01. The topological polar surface area (TPSA) is 38.9 Å². The van der Waals surface area contributed by atoms with Crippen molar-refractivity contribution in [3.8, 4) is 0 Å². The molecule has 0 aliphatic heterocycles. The van der Waals surface area contributed by atoms with E-state index in [2.05, 4.69) is 24.1 Å². The maximum absolute atomic E-state index is 5.94. The van der Waals surface area contributed by atoms with Crippen LogP contribution in [0.4, 0.5) is 0 Å². The third-order valence-electron chi connectivity index (χ3n) is 1.90. The molecule has 0 spiro atoms. The highest BCUT2D eigenvalue weighted by Gasteiger charge is 2.01. The Morgan fingerprint density at radius 1 is 1.54 bits per heavy atom. The third kappa shape index (κ3) is 3.38. The summed E-state index contributed by atoms with van der Waals surface area (Å²) in [4.78, 5) is 4.03. The lowest BCUT2D eigenvalue weighted by molar-refractivity contribution is 0.735. The van der Waals surface area contributed by atoms with Gasteiger partial charge in [0.25, 0.3) is 0 Å². The molecule has 1 heterocycles. The number of aromatic nitrogens is 1. The summed E-state index contributed by atoms with van der Waals surface area (Å²) in [5.74, 6) is 0. The molecule has 1 aromatic rings. The zero-order chi connectivity index (χ0) is 9.52. The van der Waals surface area contributed by atoms with Gasteiger partial charge in [-0.1, -0.05) is 25.1 Å². The molecule has 0 aromatic carbocycles. The van der Waals surface area contributed by atoms with Crippen LogP contribution in [-0.2, 0) is 0 Å². The Bertz CT molecular complexity index is 254. The molecule has 0 aliphatic rings. The van der Waals surface area contributed by atoms with Crippen molar-refractivity contribution in [2.75, 3.05) is 0 Å². The molecule has 0 saturated heterocycles. The maximum Gasteiger partial charge on any atom is 0.0345 e. The van der Waals surface area contributed by atoms with E-state index in [0.29, 0.717) is 0 Å². The van der Waals surface area contributed by atoms with E-state index >= 15 is 0 Å². The largest absolute Gasteiger partial charge is 0.324 e. The lowest BCUT2D eigenvalue weighted by atomic mass is 10.1. The molecule has 1 unspecified atom stereocenters. The number of hydrogen-bond donors (Lipinski definition) is 1. The summed E-state index contributed by atoms with van der Waals surface area (Å²) in [7, 11) is 0. The summed E-state index contributed by atoms with van der Waals surface area (Å²) in [5.41, 5.74) is 7.04. The number of nitrogens with two attached hydrogens (primary N) is 1. The summed E-state index contributed by atoms with van der Waals surface area (Å²) in [5, 5.41) is 0. The molecule has 70 valence electrons. The van der Waals surface area contributed by atoms with Crippen LogP contribution in [0.1, 0.15) is 31.4 Å². The molecule has 0 amide bonds. The average Bonchev–Trinajstić information content (AvgIpc) is 2.19. The van der Waals surface area contributed by atoms with Gasteiger partial charge in [-0.25, -0.2) is 0 Å². The summed E-state index contributed by atoms with van der Waals surface area (Å²) < 4.78 is 0. The second-order valence-electron chi connectivity index (χ2n) is 3.01. The standard InChI is InChI=1S/C11H16N2/c1-2-3-4-7-11(12)10-6-5-8-13-9-10/h3-6,8-9,11H,2,7,12H2,1H3/b4-3-. The minimum absolute atomic E-state index is 0.0801. The molecule has 0 radical (unpaired) electrons. The average molecular weight is 176 g/mol. The second kappa shape index (κ2) is 5.49. The van der Waals surface area contributed by atoms with Crippen LogP contribution < -0.4 is 5.73 Å². The molecule has 2 N–H and O–H groups in total. The molecule has 0 aliphatic carbocycles. The zero-order valence-electron chi connectivity index (χ0n) is 7.98. The highest BCUT2D eigenvalue weighted by atomic mass is 14.7. The summed E-state index contributed by atoms with van der Waals surface area (Å²) in [6.45, 7) is 2.12. The molecule has 1 atom stereocenters. The van der Waals surface area contributed by atoms with Crippen LogP contribution in [0.5, 0.6) is 0 Å². The van der Waals surface area contributed by atoms with E-state index in [9.17, 15) is 0 Å². The van der Waals surface area contributed by atoms with E-state index in [1.54, 1.807) is 6.20 Å². The monoisotopic (exact) mass is 176 g/mol. The lowest BCUT2D eigenvalue weighted by Crippen LogP contribution is -2.08. The Morgan fingerprint density at radius 3 is 3.00 bits per heavy atom. The molecular weight excluding hydrogens is 160 g/mol. The van der Waals surface area contributed by atoms with Crippen LogP contribution in [0, 0.1) is 0 Å². The van der Waals surface area contributed by atoms with Gasteiger partial charge in [0.05, 0.1) is 0 Å². The smallest absolute Gasteiger partial charge is 0.0345 e. The first-order valence-electron chi connectivity index (χ1n) is 4.65. The summed E-state index contributed by atoms with van der Waals surface area (Å²) >= 11 is 0. The molecule has 13 heavy (non-hydrogen) atoms. The molecule has 0 saturated carbocycles. The van der Waals surface area contributed by atoms with E-state index in [4.69, 9.17) is 5.73 Å². The molecule has 2 heteroatoms. The van der Waals surface area contributed by atoms with Gasteiger partial charge in [0.15, 0.2) is 0 Å². The molecule has 0 bridgehead atoms. The Labute approximate surface area is 79.5 Å². The highest BCUT2D eigenvalue weighted by Crippen LogP contribution is 2.12. The van der Waals surface area contributed by atoms with E-state index in [1.165, 1.54) is 0 Å². The zero-order valence-corrected chi connectivity index (χ0v) is 7.98. The van der Waals surface area contributed by atoms with Crippen LogP contribution in [0.25, 0.3) is 0 Å². The van der Waals surface area contributed by atoms with Crippen molar-refractivity contribution in [3.05, 3.63) is 42.2 Å². The molecular formula is C11H16N2. The minimum atomic E-state index is 0.0801. The molecule has 1 rings (SSSR count). The quantitative estimate of drug-likeness (QED) is 0.716. The normalized spacial score (nSPS) is 13.4. The molecule has 1 aromatic heterocycles. The van der Waals surface area contributed by atoms with Crippen molar-refractivity contribution >= 4 is 0 Å². The van der Waals surface area contributed by atoms with Gasteiger partial charge in [0.2, 0.25) is 0 Å². The van der Waals surface area contributed by atoms with Crippen LogP contribution in [0.15, 0.2) is 36.7 Å².